The largest absolute Gasteiger partial charge is 0.395 e. The Bertz CT molecular complexity index is 351. The van der Waals surface area contributed by atoms with Gasteiger partial charge in [-0.15, -0.1) is 0 Å². The predicted octanol–water partition coefficient (Wildman–Crippen LogP) is 2.34. The van der Waals surface area contributed by atoms with E-state index in [4.69, 9.17) is 4.74 Å². The quantitative estimate of drug-likeness (QED) is 0.758. The predicted molar refractivity (Wildman–Crippen MR) is 79.4 cm³/mol. The van der Waals surface area contributed by atoms with Gasteiger partial charge in [-0.1, -0.05) is 44.2 Å². The van der Waals surface area contributed by atoms with Crippen LogP contribution in [0.4, 0.5) is 0 Å². The van der Waals surface area contributed by atoms with E-state index in [1.807, 2.05) is 6.07 Å². The van der Waals surface area contributed by atoms with Gasteiger partial charge in [-0.2, -0.15) is 0 Å². The van der Waals surface area contributed by atoms with Crippen molar-refractivity contribution in [2.75, 3.05) is 20.3 Å². The Morgan fingerprint density at radius 3 is 2.42 bits per heavy atom. The summed E-state index contributed by atoms with van der Waals surface area (Å²) in [5, 5.41) is 12.7. The Morgan fingerprint density at radius 1 is 1.26 bits per heavy atom. The van der Waals surface area contributed by atoms with Crippen LogP contribution in [0.3, 0.4) is 0 Å². The summed E-state index contributed by atoms with van der Waals surface area (Å²) in [5.41, 5.74) is 1.46. The van der Waals surface area contributed by atoms with Crippen molar-refractivity contribution in [2.24, 2.45) is 0 Å². The number of ether oxygens (including phenoxy) is 1. The average molecular weight is 265 g/mol. The molecule has 1 aromatic carbocycles. The van der Waals surface area contributed by atoms with E-state index in [0.717, 1.165) is 6.42 Å². The van der Waals surface area contributed by atoms with Crippen LogP contribution in [0.1, 0.15) is 32.8 Å². The van der Waals surface area contributed by atoms with Crippen LogP contribution >= 0.6 is 0 Å². The van der Waals surface area contributed by atoms with E-state index in [1.54, 1.807) is 7.11 Å². The first kappa shape index (κ1) is 16.2. The Hall–Kier alpha value is -0.900. The number of nitrogens with one attached hydrogen (secondary N) is 1. The van der Waals surface area contributed by atoms with Crippen LogP contribution in [0, 0.1) is 0 Å². The van der Waals surface area contributed by atoms with E-state index in [1.165, 1.54) is 5.56 Å². The molecule has 1 aromatic rings. The molecule has 0 fully saturated rings. The van der Waals surface area contributed by atoms with Gasteiger partial charge in [0.25, 0.3) is 0 Å². The minimum Gasteiger partial charge on any atom is -0.395 e. The standard InChI is InChI=1S/C16H27NO2/c1-13(17-15(11-18)12-19-4)10-16(2,3)14-8-6-5-7-9-14/h5-9,13,15,17-18H,10-12H2,1-4H3. The minimum absolute atomic E-state index is 0.00609. The van der Waals surface area contributed by atoms with Crippen molar-refractivity contribution >= 4 is 0 Å². The van der Waals surface area contributed by atoms with Crippen molar-refractivity contribution in [3.63, 3.8) is 0 Å². The van der Waals surface area contributed by atoms with Gasteiger partial charge in [-0.05, 0) is 24.3 Å². The molecule has 108 valence electrons. The molecular formula is C16H27NO2. The first-order valence-corrected chi connectivity index (χ1v) is 6.91. The molecule has 0 aliphatic carbocycles. The van der Waals surface area contributed by atoms with Gasteiger partial charge < -0.3 is 15.2 Å². The number of hydrogen-bond acceptors (Lipinski definition) is 3. The molecule has 0 aromatic heterocycles. The lowest BCUT2D eigenvalue weighted by molar-refractivity contribution is 0.120. The highest BCUT2D eigenvalue weighted by atomic mass is 16.5. The van der Waals surface area contributed by atoms with Crippen LogP contribution in [0.15, 0.2) is 30.3 Å². The van der Waals surface area contributed by atoms with Crippen molar-refractivity contribution in [2.45, 2.75) is 44.7 Å². The summed E-state index contributed by atoms with van der Waals surface area (Å²) in [6.45, 7) is 7.30. The molecular weight excluding hydrogens is 238 g/mol. The topological polar surface area (TPSA) is 41.5 Å². The van der Waals surface area contributed by atoms with E-state index in [0.29, 0.717) is 12.6 Å². The van der Waals surface area contributed by atoms with Gasteiger partial charge in [-0.3, -0.25) is 0 Å². The maximum absolute atomic E-state index is 9.28. The molecule has 0 heterocycles. The molecule has 19 heavy (non-hydrogen) atoms. The Balaban J connectivity index is 2.57. The van der Waals surface area contributed by atoms with Crippen molar-refractivity contribution in [3.8, 4) is 0 Å². The lowest BCUT2D eigenvalue weighted by Gasteiger charge is -2.31. The van der Waals surface area contributed by atoms with E-state index < -0.39 is 0 Å². The molecule has 1 rings (SSSR count). The summed E-state index contributed by atoms with van der Waals surface area (Å²) in [7, 11) is 1.66. The third kappa shape index (κ3) is 5.31. The van der Waals surface area contributed by atoms with Gasteiger partial charge in [0.15, 0.2) is 0 Å². The molecule has 0 radical (unpaired) electrons. The zero-order chi connectivity index (χ0) is 14.3. The highest BCUT2D eigenvalue weighted by molar-refractivity contribution is 5.23. The minimum atomic E-state index is 0.00609. The molecule has 2 unspecified atom stereocenters. The maximum atomic E-state index is 9.28. The molecule has 0 amide bonds. The maximum Gasteiger partial charge on any atom is 0.0638 e. The van der Waals surface area contributed by atoms with Crippen LogP contribution in [-0.4, -0.2) is 37.5 Å². The second-order valence-electron chi connectivity index (χ2n) is 5.86. The van der Waals surface area contributed by atoms with E-state index in [-0.39, 0.29) is 18.1 Å². The normalized spacial score (nSPS) is 15.2. The summed E-state index contributed by atoms with van der Waals surface area (Å²) in [4.78, 5) is 0. The molecule has 2 N–H and O–H groups in total. The second kappa shape index (κ2) is 7.63. The Morgan fingerprint density at radius 2 is 1.89 bits per heavy atom. The average Bonchev–Trinajstić information content (AvgIpc) is 2.38. The number of benzene rings is 1. The summed E-state index contributed by atoms with van der Waals surface area (Å²) in [6.07, 6.45) is 1.01. The third-order valence-corrected chi connectivity index (χ3v) is 3.48. The van der Waals surface area contributed by atoms with E-state index in [9.17, 15) is 5.11 Å². The molecule has 0 spiro atoms. The van der Waals surface area contributed by atoms with Gasteiger partial charge in [0.2, 0.25) is 0 Å². The van der Waals surface area contributed by atoms with Crippen LogP contribution < -0.4 is 5.32 Å². The third-order valence-electron chi connectivity index (χ3n) is 3.48. The molecule has 0 bridgehead atoms. The summed E-state index contributed by atoms with van der Waals surface area (Å²) in [5.74, 6) is 0. The fraction of sp³-hybridized carbons (Fsp3) is 0.625. The molecule has 3 nitrogen and oxygen atoms in total. The molecule has 0 aliphatic rings. The summed E-state index contributed by atoms with van der Waals surface area (Å²) >= 11 is 0. The number of aliphatic hydroxyl groups excluding tert-OH is 1. The van der Waals surface area contributed by atoms with E-state index >= 15 is 0 Å². The highest BCUT2D eigenvalue weighted by Gasteiger charge is 2.24. The van der Waals surface area contributed by atoms with Gasteiger partial charge in [-0.25, -0.2) is 0 Å². The van der Waals surface area contributed by atoms with Crippen molar-refractivity contribution < 1.29 is 9.84 Å². The number of aliphatic hydroxyl groups is 1. The smallest absolute Gasteiger partial charge is 0.0638 e. The van der Waals surface area contributed by atoms with Crippen LogP contribution in [0.5, 0.6) is 0 Å². The van der Waals surface area contributed by atoms with Crippen LogP contribution in [0.2, 0.25) is 0 Å². The first-order valence-electron chi connectivity index (χ1n) is 6.91. The zero-order valence-electron chi connectivity index (χ0n) is 12.5. The first-order chi connectivity index (χ1) is 8.99. The van der Waals surface area contributed by atoms with Gasteiger partial charge in [0, 0.05) is 13.2 Å². The van der Waals surface area contributed by atoms with Crippen molar-refractivity contribution in [1.29, 1.82) is 0 Å². The van der Waals surface area contributed by atoms with Crippen LogP contribution in [0.25, 0.3) is 0 Å². The summed E-state index contributed by atoms with van der Waals surface area (Å²) in [6, 6.07) is 10.9. The fourth-order valence-corrected chi connectivity index (χ4v) is 2.59. The van der Waals surface area contributed by atoms with E-state index in [2.05, 4.69) is 50.4 Å². The number of hydrogen-bond donors (Lipinski definition) is 2. The molecule has 2 atom stereocenters. The van der Waals surface area contributed by atoms with Gasteiger partial charge in [0.1, 0.15) is 0 Å². The van der Waals surface area contributed by atoms with Crippen LogP contribution in [-0.2, 0) is 10.2 Å². The lowest BCUT2D eigenvalue weighted by Crippen LogP contribution is -2.44. The Kier molecular flexibility index (Phi) is 6.49. The van der Waals surface area contributed by atoms with Crippen molar-refractivity contribution in [1.82, 2.24) is 5.32 Å². The van der Waals surface area contributed by atoms with Crippen molar-refractivity contribution in [3.05, 3.63) is 35.9 Å². The molecule has 3 heteroatoms. The highest BCUT2D eigenvalue weighted by Crippen LogP contribution is 2.28. The SMILES string of the molecule is COCC(CO)NC(C)CC(C)(C)c1ccccc1. The lowest BCUT2D eigenvalue weighted by atomic mass is 9.79. The second-order valence-corrected chi connectivity index (χ2v) is 5.86. The molecule has 0 saturated carbocycles. The molecule has 0 saturated heterocycles. The fourth-order valence-electron chi connectivity index (χ4n) is 2.59. The summed E-state index contributed by atoms with van der Waals surface area (Å²) < 4.78 is 5.09. The Labute approximate surface area is 117 Å². The number of rotatable bonds is 8. The monoisotopic (exact) mass is 265 g/mol. The zero-order valence-corrected chi connectivity index (χ0v) is 12.5. The van der Waals surface area contributed by atoms with Gasteiger partial charge >= 0.3 is 0 Å². The van der Waals surface area contributed by atoms with Gasteiger partial charge in [0.05, 0.1) is 19.3 Å². The molecule has 0 aliphatic heterocycles. The number of methoxy groups -OCH3 is 1.